The van der Waals surface area contributed by atoms with Crippen molar-refractivity contribution in [1.82, 2.24) is 4.90 Å². The molecule has 3 nitrogen and oxygen atoms in total. The molecule has 0 radical (unpaired) electrons. The summed E-state index contributed by atoms with van der Waals surface area (Å²) in [5.41, 5.74) is 0. The maximum atomic E-state index is 10.9. The molecule has 1 saturated heterocycles. The Bertz CT molecular complexity index is 218. The lowest BCUT2D eigenvalue weighted by Gasteiger charge is -2.30. The molecule has 1 rings (SSSR count). The molecule has 15 heavy (non-hydrogen) atoms. The first kappa shape index (κ1) is 12.1. The van der Waals surface area contributed by atoms with Crippen molar-refractivity contribution in [1.29, 1.82) is 0 Å². The predicted molar refractivity (Wildman–Crippen MR) is 60.4 cm³/mol. The number of likely N-dealkylation sites (tertiary alicyclic amines) is 1. The van der Waals surface area contributed by atoms with Gasteiger partial charge in [0.15, 0.2) is 0 Å². The normalized spacial score (nSPS) is 18.4. The fourth-order valence-corrected chi connectivity index (χ4v) is 2.03. The van der Waals surface area contributed by atoms with Gasteiger partial charge in [-0.2, -0.15) is 0 Å². The molecular formula is C12H21NO2. The zero-order chi connectivity index (χ0) is 11.1. The van der Waals surface area contributed by atoms with E-state index in [1.165, 1.54) is 38.9 Å². The van der Waals surface area contributed by atoms with E-state index in [-0.39, 0.29) is 5.97 Å². The third-order valence-electron chi connectivity index (χ3n) is 2.97. The van der Waals surface area contributed by atoms with Crippen LogP contribution in [0.15, 0.2) is 12.3 Å². The largest absolute Gasteiger partial charge is 0.466 e. The Kier molecular flexibility index (Phi) is 5.22. The lowest BCUT2D eigenvalue weighted by molar-refractivity contribution is -0.134. The van der Waals surface area contributed by atoms with E-state index >= 15 is 0 Å². The zero-order valence-electron chi connectivity index (χ0n) is 9.74. The molecule has 0 aromatic heterocycles. The van der Waals surface area contributed by atoms with Gasteiger partial charge in [0.2, 0.25) is 0 Å². The SMILES string of the molecule is CCCC1CCN(C=CC(=O)OC)CC1. The van der Waals surface area contributed by atoms with Crippen molar-refractivity contribution in [3.8, 4) is 0 Å². The van der Waals surface area contributed by atoms with Crippen molar-refractivity contribution in [2.75, 3.05) is 20.2 Å². The molecule has 0 N–H and O–H groups in total. The highest BCUT2D eigenvalue weighted by atomic mass is 16.5. The van der Waals surface area contributed by atoms with Crippen molar-refractivity contribution < 1.29 is 9.53 Å². The van der Waals surface area contributed by atoms with E-state index in [0.717, 1.165) is 19.0 Å². The summed E-state index contributed by atoms with van der Waals surface area (Å²) in [5.74, 6) is 0.614. The Morgan fingerprint density at radius 3 is 2.67 bits per heavy atom. The molecule has 1 heterocycles. The Morgan fingerprint density at radius 2 is 2.13 bits per heavy atom. The van der Waals surface area contributed by atoms with E-state index in [4.69, 9.17) is 0 Å². The Balaban J connectivity index is 2.25. The minimum Gasteiger partial charge on any atom is -0.466 e. The topological polar surface area (TPSA) is 29.5 Å². The molecule has 0 spiro atoms. The van der Waals surface area contributed by atoms with Crippen molar-refractivity contribution in [3.63, 3.8) is 0 Å². The molecule has 0 bridgehead atoms. The molecule has 3 heteroatoms. The van der Waals surface area contributed by atoms with Crippen LogP contribution in [0.4, 0.5) is 0 Å². The van der Waals surface area contributed by atoms with Crippen molar-refractivity contribution >= 4 is 5.97 Å². The van der Waals surface area contributed by atoms with Gasteiger partial charge < -0.3 is 9.64 Å². The molecular weight excluding hydrogens is 190 g/mol. The Labute approximate surface area is 92.1 Å². The van der Waals surface area contributed by atoms with Gasteiger partial charge in [0.05, 0.1) is 7.11 Å². The van der Waals surface area contributed by atoms with Crippen LogP contribution >= 0.6 is 0 Å². The molecule has 0 atom stereocenters. The van der Waals surface area contributed by atoms with Crippen molar-refractivity contribution in [3.05, 3.63) is 12.3 Å². The van der Waals surface area contributed by atoms with Crippen LogP contribution in [0.25, 0.3) is 0 Å². The zero-order valence-corrected chi connectivity index (χ0v) is 9.74. The summed E-state index contributed by atoms with van der Waals surface area (Å²) in [4.78, 5) is 13.1. The second-order valence-corrected chi connectivity index (χ2v) is 4.11. The number of rotatable bonds is 4. The maximum Gasteiger partial charge on any atom is 0.331 e. The van der Waals surface area contributed by atoms with E-state index < -0.39 is 0 Å². The summed E-state index contributed by atoms with van der Waals surface area (Å²) < 4.78 is 4.55. The van der Waals surface area contributed by atoms with Gasteiger partial charge in [0.1, 0.15) is 0 Å². The highest BCUT2D eigenvalue weighted by molar-refractivity contribution is 5.81. The van der Waals surface area contributed by atoms with Crippen molar-refractivity contribution in [2.24, 2.45) is 5.92 Å². The summed E-state index contributed by atoms with van der Waals surface area (Å²) in [7, 11) is 1.40. The molecule has 86 valence electrons. The van der Waals surface area contributed by atoms with Crippen LogP contribution in [0.2, 0.25) is 0 Å². The number of methoxy groups -OCH3 is 1. The second kappa shape index (κ2) is 6.49. The maximum absolute atomic E-state index is 10.9. The van der Waals surface area contributed by atoms with Gasteiger partial charge in [-0.15, -0.1) is 0 Å². The van der Waals surface area contributed by atoms with Crippen molar-refractivity contribution in [2.45, 2.75) is 32.6 Å². The van der Waals surface area contributed by atoms with E-state index in [0.29, 0.717) is 0 Å². The first-order valence-electron chi connectivity index (χ1n) is 5.76. The predicted octanol–water partition coefficient (Wildman–Crippen LogP) is 2.19. The van der Waals surface area contributed by atoms with Crippen LogP contribution in [0.3, 0.4) is 0 Å². The number of nitrogens with zero attached hydrogens (tertiary/aromatic N) is 1. The Morgan fingerprint density at radius 1 is 1.47 bits per heavy atom. The van der Waals surface area contributed by atoms with Crippen LogP contribution in [-0.4, -0.2) is 31.1 Å². The van der Waals surface area contributed by atoms with Gasteiger partial charge >= 0.3 is 5.97 Å². The summed E-state index contributed by atoms with van der Waals surface area (Å²) in [6.07, 6.45) is 8.48. The minimum absolute atomic E-state index is 0.273. The summed E-state index contributed by atoms with van der Waals surface area (Å²) in [6.45, 7) is 4.37. The number of carbonyl (C=O) groups is 1. The summed E-state index contributed by atoms with van der Waals surface area (Å²) in [6, 6.07) is 0. The molecule has 0 unspecified atom stereocenters. The fraction of sp³-hybridized carbons (Fsp3) is 0.750. The number of hydrogen-bond acceptors (Lipinski definition) is 3. The molecule has 1 aliphatic heterocycles. The molecule has 0 saturated carbocycles. The van der Waals surface area contributed by atoms with Gasteiger partial charge in [0, 0.05) is 25.4 Å². The van der Waals surface area contributed by atoms with Gasteiger partial charge in [-0.3, -0.25) is 0 Å². The number of ether oxygens (including phenoxy) is 1. The highest BCUT2D eigenvalue weighted by Crippen LogP contribution is 2.21. The molecule has 1 fully saturated rings. The molecule has 0 amide bonds. The van der Waals surface area contributed by atoms with Crippen LogP contribution in [0.1, 0.15) is 32.6 Å². The third kappa shape index (κ3) is 4.36. The lowest BCUT2D eigenvalue weighted by atomic mass is 9.93. The number of piperidine rings is 1. The third-order valence-corrected chi connectivity index (χ3v) is 2.97. The first-order chi connectivity index (χ1) is 7.26. The smallest absolute Gasteiger partial charge is 0.331 e. The average Bonchev–Trinajstić information content (AvgIpc) is 2.28. The number of carbonyl (C=O) groups excluding carboxylic acids is 1. The van der Waals surface area contributed by atoms with Crippen LogP contribution in [0.5, 0.6) is 0 Å². The van der Waals surface area contributed by atoms with E-state index in [9.17, 15) is 4.79 Å². The molecule has 0 aromatic rings. The number of esters is 1. The number of hydrogen-bond donors (Lipinski definition) is 0. The molecule has 0 aliphatic carbocycles. The fourth-order valence-electron chi connectivity index (χ4n) is 2.03. The summed E-state index contributed by atoms with van der Waals surface area (Å²) in [5, 5.41) is 0. The molecule has 0 aromatic carbocycles. The van der Waals surface area contributed by atoms with Crippen LogP contribution in [0, 0.1) is 5.92 Å². The monoisotopic (exact) mass is 211 g/mol. The van der Waals surface area contributed by atoms with Crippen LogP contribution < -0.4 is 0 Å². The highest BCUT2D eigenvalue weighted by Gasteiger charge is 2.15. The second-order valence-electron chi connectivity index (χ2n) is 4.11. The lowest BCUT2D eigenvalue weighted by Crippen LogP contribution is -2.29. The average molecular weight is 211 g/mol. The van der Waals surface area contributed by atoms with Crippen LogP contribution in [-0.2, 0) is 9.53 Å². The van der Waals surface area contributed by atoms with Gasteiger partial charge in [-0.05, 0) is 18.8 Å². The van der Waals surface area contributed by atoms with Gasteiger partial charge in [0.25, 0.3) is 0 Å². The standard InChI is InChI=1S/C12H21NO2/c1-3-4-11-5-8-13(9-6-11)10-7-12(14)15-2/h7,10-11H,3-6,8-9H2,1-2H3. The van der Waals surface area contributed by atoms with E-state index in [1.807, 2.05) is 6.20 Å². The van der Waals surface area contributed by atoms with Gasteiger partial charge in [-0.25, -0.2) is 4.79 Å². The minimum atomic E-state index is -0.273. The van der Waals surface area contributed by atoms with E-state index in [1.54, 1.807) is 0 Å². The first-order valence-corrected chi connectivity index (χ1v) is 5.76. The molecule has 1 aliphatic rings. The van der Waals surface area contributed by atoms with Gasteiger partial charge in [-0.1, -0.05) is 19.8 Å². The quantitative estimate of drug-likeness (QED) is 0.527. The van der Waals surface area contributed by atoms with E-state index in [2.05, 4.69) is 16.6 Å². The summed E-state index contributed by atoms with van der Waals surface area (Å²) >= 11 is 0. The Hall–Kier alpha value is -0.990.